The number of nitrogens with one attached hydrogen (secondary N) is 1. The van der Waals surface area contributed by atoms with E-state index in [1.165, 1.54) is 18.4 Å². The Morgan fingerprint density at radius 3 is 3.06 bits per heavy atom. The fraction of sp³-hybridized carbons (Fsp3) is 0.250. The summed E-state index contributed by atoms with van der Waals surface area (Å²) >= 11 is 0. The number of furan rings is 1. The zero-order valence-electron chi connectivity index (χ0n) is 9.59. The summed E-state index contributed by atoms with van der Waals surface area (Å²) in [6, 6.07) is 5.25. The van der Waals surface area contributed by atoms with Crippen molar-refractivity contribution in [1.29, 1.82) is 5.26 Å². The minimum Gasteiger partial charge on any atom is -0.465 e. The number of carbonyl (C=O) groups excluding carboxylic acids is 2. The average Bonchev–Trinajstić information content (AvgIpc) is 2.87. The summed E-state index contributed by atoms with van der Waals surface area (Å²) in [5.41, 5.74) is 0. The topological polar surface area (TPSA) is 92.3 Å². The Hall–Kier alpha value is -2.55. The first-order valence-corrected chi connectivity index (χ1v) is 5.24. The number of amides is 1. The lowest BCUT2D eigenvalue weighted by atomic mass is 10.4. The SMILES string of the molecule is N#CCCNC(=O)COC(=O)/C=C/c1ccco1. The molecule has 0 fully saturated rings. The predicted molar refractivity (Wildman–Crippen MR) is 61.9 cm³/mol. The molecule has 0 saturated carbocycles. The highest BCUT2D eigenvalue weighted by Crippen LogP contribution is 2.02. The maximum absolute atomic E-state index is 11.2. The molecule has 0 radical (unpaired) electrons. The van der Waals surface area contributed by atoms with Crippen molar-refractivity contribution >= 4 is 18.0 Å². The number of rotatable bonds is 6. The van der Waals surface area contributed by atoms with Crippen LogP contribution in [-0.2, 0) is 14.3 Å². The molecule has 0 aliphatic heterocycles. The average molecular weight is 248 g/mol. The third-order valence-corrected chi connectivity index (χ3v) is 1.83. The van der Waals surface area contributed by atoms with Crippen molar-refractivity contribution in [3.8, 4) is 6.07 Å². The van der Waals surface area contributed by atoms with Gasteiger partial charge in [-0.3, -0.25) is 4.79 Å². The molecule has 6 nitrogen and oxygen atoms in total. The van der Waals surface area contributed by atoms with Gasteiger partial charge in [0.25, 0.3) is 5.91 Å². The minimum atomic E-state index is -0.637. The van der Waals surface area contributed by atoms with Gasteiger partial charge in [0.2, 0.25) is 0 Å². The highest BCUT2D eigenvalue weighted by Gasteiger charge is 2.04. The van der Waals surface area contributed by atoms with E-state index in [0.29, 0.717) is 5.76 Å². The molecule has 0 aromatic carbocycles. The van der Waals surface area contributed by atoms with Crippen LogP contribution >= 0.6 is 0 Å². The summed E-state index contributed by atoms with van der Waals surface area (Å²) in [5, 5.41) is 10.7. The van der Waals surface area contributed by atoms with Crippen LogP contribution in [0.15, 0.2) is 28.9 Å². The normalized spacial score (nSPS) is 9.94. The standard InChI is InChI=1S/C12H12N2O4/c13-6-2-7-14-11(15)9-18-12(16)5-4-10-3-1-8-17-10/h1,3-5,8H,2,7,9H2,(H,14,15)/b5-4+. The first-order chi connectivity index (χ1) is 8.72. The smallest absolute Gasteiger partial charge is 0.331 e. The Morgan fingerprint density at radius 1 is 1.56 bits per heavy atom. The largest absolute Gasteiger partial charge is 0.465 e. The summed E-state index contributed by atoms with van der Waals surface area (Å²) in [6.07, 6.45) is 4.31. The molecule has 0 spiro atoms. The number of nitriles is 1. The Balaban J connectivity index is 2.21. The van der Waals surface area contributed by atoms with Crippen LogP contribution in [0.3, 0.4) is 0 Å². The molecule has 1 aromatic rings. The van der Waals surface area contributed by atoms with E-state index in [1.807, 2.05) is 6.07 Å². The van der Waals surface area contributed by atoms with Crippen LogP contribution in [-0.4, -0.2) is 25.0 Å². The van der Waals surface area contributed by atoms with Crippen LogP contribution in [0.4, 0.5) is 0 Å². The van der Waals surface area contributed by atoms with Crippen LogP contribution in [0, 0.1) is 11.3 Å². The van der Waals surface area contributed by atoms with Crippen LogP contribution in [0.5, 0.6) is 0 Å². The van der Waals surface area contributed by atoms with Gasteiger partial charge in [0.15, 0.2) is 6.61 Å². The molecule has 0 unspecified atom stereocenters. The van der Waals surface area contributed by atoms with E-state index < -0.39 is 11.9 Å². The molecule has 1 aromatic heterocycles. The summed E-state index contributed by atoms with van der Waals surface area (Å²) < 4.78 is 9.64. The van der Waals surface area contributed by atoms with Crippen LogP contribution in [0.2, 0.25) is 0 Å². The molecule has 1 N–H and O–H groups in total. The van der Waals surface area contributed by atoms with Gasteiger partial charge >= 0.3 is 5.97 Å². The van der Waals surface area contributed by atoms with E-state index in [2.05, 4.69) is 10.1 Å². The quantitative estimate of drug-likeness (QED) is 0.458. The van der Waals surface area contributed by atoms with Crippen molar-refractivity contribution in [2.24, 2.45) is 0 Å². The lowest BCUT2D eigenvalue weighted by Gasteiger charge is -2.02. The second-order valence-electron chi connectivity index (χ2n) is 3.21. The van der Waals surface area contributed by atoms with Gasteiger partial charge in [0, 0.05) is 12.6 Å². The van der Waals surface area contributed by atoms with E-state index in [4.69, 9.17) is 9.68 Å². The maximum atomic E-state index is 11.2. The highest BCUT2D eigenvalue weighted by atomic mass is 16.5. The molecule has 0 atom stereocenters. The van der Waals surface area contributed by atoms with Crippen molar-refractivity contribution in [1.82, 2.24) is 5.32 Å². The van der Waals surface area contributed by atoms with Crippen molar-refractivity contribution in [3.05, 3.63) is 30.2 Å². The molecular weight excluding hydrogens is 236 g/mol. The third-order valence-electron chi connectivity index (χ3n) is 1.83. The molecule has 94 valence electrons. The van der Waals surface area contributed by atoms with E-state index in [-0.39, 0.29) is 19.6 Å². The van der Waals surface area contributed by atoms with Gasteiger partial charge in [-0.25, -0.2) is 4.79 Å². The lowest BCUT2D eigenvalue weighted by Crippen LogP contribution is -2.29. The second kappa shape index (κ2) is 7.68. The number of hydrogen-bond donors (Lipinski definition) is 1. The van der Waals surface area contributed by atoms with Crippen molar-refractivity contribution in [3.63, 3.8) is 0 Å². The third kappa shape index (κ3) is 5.51. The zero-order chi connectivity index (χ0) is 13.2. The Bertz CT molecular complexity index is 457. The Labute approximate surface area is 104 Å². The van der Waals surface area contributed by atoms with Crippen molar-refractivity contribution in [2.75, 3.05) is 13.2 Å². The molecule has 6 heteroatoms. The van der Waals surface area contributed by atoms with Crippen LogP contribution < -0.4 is 5.32 Å². The van der Waals surface area contributed by atoms with Crippen LogP contribution in [0.1, 0.15) is 12.2 Å². The molecule has 1 amide bonds. The number of nitrogens with zero attached hydrogens (tertiary/aromatic N) is 1. The maximum Gasteiger partial charge on any atom is 0.331 e. The van der Waals surface area contributed by atoms with E-state index in [1.54, 1.807) is 12.1 Å². The Kier molecular flexibility index (Phi) is 5.77. The van der Waals surface area contributed by atoms with Crippen molar-refractivity contribution < 1.29 is 18.7 Å². The zero-order valence-corrected chi connectivity index (χ0v) is 9.59. The number of ether oxygens (including phenoxy) is 1. The van der Waals surface area contributed by atoms with Gasteiger partial charge in [-0.05, 0) is 18.2 Å². The lowest BCUT2D eigenvalue weighted by molar-refractivity contribution is -0.143. The van der Waals surface area contributed by atoms with Gasteiger partial charge in [-0.15, -0.1) is 0 Å². The molecule has 0 bridgehead atoms. The van der Waals surface area contributed by atoms with E-state index in [0.717, 1.165) is 0 Å². The summed E-state index contributed by atoms with van der Waals surface area (Å²) in [5.74, 6) is -0.558. The second-order valence-corrected chi connectivity index (χ2v) is 3.21. The molecule has 0 aliphatic carbocycles. The predicted octanol–water partition coefficient (Wildman–Crippen LogP) is 0.866. The molecule has 0 saturated heterocycles. The van der Waals surface area contributed by atoms with Gasteiger partial charge in [0.05, 0.1) is 18.8 Å². The fourth-order valence-corrected chi connectivity index (χ4v) is 1.03. The monoisotopic (exact) mass is 248 g/mol. The highest BCUT2D eigenvalue weighted by molar-refractivity contribution is 5.88. The van der Waals surface area contributed by atoms with E-state index >= 15 is 0 Å². The van der Waals surface area contributed by atoms with E-state index in [9.17, 15) is 9.59 Å². The fourth-order valence-electron chi connectivity index (χ4n) is 1.03. The first-order valence-electron chi connectivity index (χ1n) is 5.24. The summed E-state index contributed by atoms with van der Waals surface area (Å²) in [6.45, 7) is -0.123. The minimum absolute atomic E-state index is 0.220. The molecular formula is C12H12N2O4. The molecule has 0 aliphatic rings. The molecule has 1 heterocycles. The Morgan fingerprint density at radius 2 is 2.39 bits per heavy atom. The van der Waals surface area contributed by atoms with Crippen LogP contribution in [0.25, 0.3) is 6.08 Å². The number of esters is 1. The van der Waals surface area contributed by atoms with Gasteiger partial charge < -0.3 is 14.5 Å². The summed E-state index contributed by atoms with van der Waals surface area (Å²) in [7, 11) is 0. The first kappa shape index (κ1) is 13.5. The van der Waals surface area contributed by atoms with Gasteiger partial charge in [-0.2, -0.15) is 5.26 Å². The number of carbonyl (C=O) groups is 2. The number of hydrogen-bond acceptors (Lipinski definition) is 5. The van der Waals surface area contributed by atoms with Gasteiger partial charge in [0.1, 0.15) is 5.76 Å². The van der Waals surface area contributed by atoms with Crippen molar-refractivity contribution in [2.45, 2.75) is 6.42 Å². The molecule has 18 heavy (non-hydrogen) atoms. The molecule has 1 rings (SSSR count). The van der Waals surface area contributed by atoms with Gasteiger partial charge in [-0.1, -0.05) is 0 Å². The summed E-state index contributed by atoms with van der Waals surface area (Å²) in [4.78, 5) is 22.3.